The van der Waals surface area contributed by atoms with Gasteiger partial charge in [-0.15, -0.1) is 0 Å². The van der Waals surface area contributed by atoms with Crippen LogP contribution in [0, 0.1) is 6.92 Å². The third kappa shape index (κ3) is 5.31. The van der Waals surface area contributed by atoms with E-state index >= 15 is 0 Å². The van der Waals surface area contributed by atoms with Gasteiger partial charge in [0.05, 0.1) is 13.2 Å². The van der Waals surface area contributed by atoms with Crippen LogP contribution in [0.5, 0.6) is 0 Å². The van der Waals surface area contributed by atoms with E-state index in [9.17, 15) is 0 Å². The number of ether oxygens (including phenoxy) is 2. The summed E-state index contributed by atoms with van der Waals surface area (Å²) in [7, 11) is 0. The van der Waals surface area contributed by atoms with Crippen molar-refractivity contribution in [2.75, 3.05) is 51.0 Å². The van der Waals surface area contributed by atoms with Gasteiger partial charge in [0, 0.05) is 51.1 Å². The highest BCUT2D eigenvalue weighted by Gasteiger charge is 2.23. The maximum Gasteiger partial charge on any atom is 0.0594 e. The largest absolute Gasteiger partial charge is 0.381 e. The summed E-state index contributed by atoms with van der Waals surface area (Å²) < 4.78 is 11.1. The highest BCUT2D eigenvalue weighted by Crippen LogP contribution is 2.34. The summed E-state index contributed by atoms with van der Waals surface area (Å²) >= 11 is 0. The molecule has 4 heteroatoms. The molecule has 2 aromatic carbocycles. The van der Waals surface area contributed by atoms with E-state index in [4.69, 9.17) is 9.47 Å². The molecule has 0 spiro atoms. The maximum absolute atomic E-state index is 5.63. The first-order valence-electron chi connectivity index (χ1n) is 12.1. The normalized spacial score (nSPS) is 18.3. The molecular formula is C27H38N2O2. The topological polar surface area (TPSA) is 24.9 Å². The summed E-state index contributed by atoms with van der Waals surface area (Å²) in [5.74, 6) is 0. The number of morpholine rings is 1. The Morgan fingerprint density at radius 1 is 0.903 bits per heavy atom. The van der Waals surface area contributed by atoms with E-state index in [0.717, 1.165) is 71.9 Å². The van der Waals surface area contributed by atoms with Gasteiger partial charge in [-0.05, 0) is 67.0 Å². The molecular weight excluding hydrogens is 384 g/mol. The standard InChI is InChI=1S/C27H38N2O2/c1-4-26-21(3)18-24(19-27(26)29(5-2)25-10-14-30-15-11-25)23-8-6-22(7-9-23)20-28-12-16-31-17-13-28/h6-9,18-19,25H,4-5,10-17,20H2,1-3H3. The predicted molar refractivity (Wildman–Crippen MR) is 129 cm³/mol. The van der Waals surface area contributed by atoms with Crippen molar-refractivity contribution in [1.29, 1.82) is 0 Å². The van der Waals surface area contributed by atoms with Crippen LogP contribution in [0.2, 0.25) is 0 Å². The molecule has 2 heterocycles. The highest BCUT2D eigenvalue weighted by atomic mass is 16.5. The van der Waals surface area contributed by atoms with E-state index in [0.29, 0.717) is 6.04 Å². The second-order valence-electron chi connectivity index (χ2n) is 8.86. The molecule has 0 aliphatic carbocycles. The number of hydrogen-bond acceptors (Lipinski definition) is 4. The Labute approximate surface area is 188 Å². The molecule has 2 fully saturated rings. The van der Waals surface area contributed by atoms with Gasteiger partial charge in [0.25, 0.3) is 0 Å². The van der Waals surface area contributed by atoms with Crippen LogP contribution in [0.25, 0.3) is 11.1 Å². The van der Waals surface area contributed by atoms with E-state index in [1.165, 1.54) is 33.5 Å². The number of hydrogen-bond donors (Lipinski definition) is 0. The van der Waals surface area contributed by atoms with Crippen LogP contribution in [-0.4, -0.2) is 57.0 Å². The fourth-order valence-electron chi connectivity index (χ4n) is 5.12. The molecule has 0 unspecified atom stereocenters. The van der Waals surface area contributed by atoms with Gasteiger partial charge in [-0.25, -0.2) is 0 Å². The van der Waals surface area contributed by atoms with Crippen LogP contribution in [0.15, 0.2) is 36.4 Å². The third-order valence-electron chi connectivity index (χ3n) is 6.88. The second-order valence-corrected chi connectivity index (χ2v) is 8.86. The average molecular weight is 423 g/mol. The second kappa shape index (κ2) is 10.6. The fourth-order valence-corrected chi connectivity index (χ4v) is 5.12. The minimum atomic E-state index is 0.578. The summed E-state index contributed by atoms with van der Waals surface area (Å²) in [5.41, 5.74) is 8.32. The van der Waals surface area contributed by atoms with Gasteiger partial charge in [-0.2, -0.15) is 0 Å². The minimum absolute atomic E-state index is 0.578. The van der Waals surface area contributed by atoms with Crippen molar-refractivity contribution in [3.05, 3.63) is 53.1 Å². The van der Waals surface area contributed by atoms with E-state index in [-0.39, 0.29) is 0 Å². The first kappa shape index (κ1) is 22.3. The molecule has 4 rings (SSSR count). The van der Waals surface area contributed by atoms with E-state index in [2.05, 4.69) is 67.0 Å². The summed E-state index contributed by atoms with van der Waals surface area (Å²) in [6, 6.07) is 14.6. The van der Waals surface area contributed by atoms with Gasteiger partial charge in [0.1, 0.15) is 0 Å². The lowest BCUT2D eigenvalue weighted by atomic mass is 9.94. The average Bonchev–Trinajstić information content (AvgIpc) is 2.81. The van der Waals surface area contributed by atoms with Gasteiger partial charge in [0.15, 0.2) is 0 Å². The number of nitrogens with zero attached hydrogens (tertiary/aromatic N) is 2. The van der Waals surface area contributed by atoms with Crippen LogP contribution >= 0.6 is 0 Å². The Kier molecular flexibility index (Phi) is 7.65. The monoisotopic (exact) mass is 422 g/mol. The smallest absolute Gasteiger partial charge is 0.0594 e. The molecule has 0 saturated carbocycles. The maximum atomic E-state index is 5.63. The lowest BCUT2D eigenvalue weighted by molar-refractivity contribution is 0.0342. The van der Waals surface area contributed by atoms with E-state index < -0.39 is 0 Å². The molecule has 0 atom stereocenters. The zero-order valence-corrected chi connectivity index (χ0v) is 19.5. The van der Waals surface area contributed by atoms with Gasteiger partial charge in [-0.1, -0.05) is 37.3 Å². The summed E-state index contributed by atoms with van der Waals surface area (Å²) in [6.07, 6.45) is 3.31. The van der Waals surface area contributed by atoms with Crippen LogP contribution in [0.3, 0.4) is 0 Å². The molecule has 2 saturated heterocycles. The quantitative estimate of drug-likeness (QED) is 0.623. The Morgan fingerprint density at radius 2 is 1.58 bits per heavy atom. The number of benzene rings is 2. The lowest BCUT2D eigenvalue weighted by Crippen LogP contribution is -2.40. The first-order valence-corrected chi connectivity index (χ1v) is 12.1. The molecule has 168 valence electrons. The van der Waals surface area contributed by atoms with Gasteiger partial charge < -0.3 is 14.4 Å². The van der Waals surface area contributed by atoms with Gasteiger partial charge in [0.2, 0.25) is 0 Å². The van der Waals surface area contributed by atoms with Crippen molar-refractivity contribution in [3.8, 4) is 11.1 Å². The minimum Gasteiger partial charge on any atom is -0.381 e. The molecule has 0 amide bonds. The molecule has 0 N–H and O–H groups in total. The Bertz CT molecular complexity index is 837. The van der Waals surface area contributed by atoms with Crippen molar-refractivity contribution in [2.45, 2.75) is 52.6 Å². The zero-order valence-electron chi connectivity index (χ0n) is 19.5. The van der Waals surface area contributed by atoms with Crippen LogP contribution in [-0.2, 0) is 22.4 Å². The molecule has 2 aliphatic heterocycles. The van der Waals surface area contributed by atoms with Gasteiger partial charge >= 0.3 is 0 Å². The molecule has 2 aromatic rings. The van der Waals surface area contributed by atoms with Crippen molar-refractivity contribution >= 4 is 5.69 Å². The molecule has 0 radical (unpaired) electrons. The fraction of sp³-hybridized carbons (Fsp3) is 0.556. The van der Waals surface area contributed by atoms with Crippen molar-refractivity contribution in [2.24, 2.45) is 0 Å². The first-order chi connectivity index (χ1) is 15.2. The molecule has 31 heavy (non-hydrogen) atoms. The van der Waals surface area contributed by atoms with Crippen LogP contribution < -0.4 is 4.90 Å². The third-order valence-corrected chi connectivity index (χ3v) is 6.88. The van der Waals surface area contributed by atoms with Crippen molar-refractivity contribution in [1.82, 2.24) is 4.90 Å². The summed E-state index contributed by atoms with van der Waals surface area (Å²) in [5, 5.41) is 0. The van der Waals surface area contributed by atoms with Crippen molar-refractivity contribution in [3.63, 3.8) is 0 Å². The Balaban J connectivity index is 1.59. The number of anilines is 1. The predicted octanol–water partition coefficient (Wildman–Crippen LogP) is 5.06. The molecule has 4 nitrogen and oxygen atoms in total. The van der Waals surface area contributed by atoms with Crippen molar-refractivity contribution < 1.29 is 9.47 Å². The van der Waals surface area contributed by atoms with E-state index in [1.807, 2.05) is 0 Å². The Morgan fingerprint density at radius 3 is 2.23 bits per heavy atom. The molecule has 2 aliphatic rings. The zero-order chi connectivity index (χ0) is 21.6. The van der Waals surface area contributed by atoms with Gasteiger partial charge in [-0.3, -0.25) is 4.90 Å². The SMILES string of the molecule is CCc1c(C)cc(-c2ccc(CN3CCOCC3)cc2)cc1N(CC)C1CCOCC1. The van der Waals surface area contributed by atoms with Crippen LogP contribution in [0.4, 0.5) is 5.69 Å². The summed E-state index contributed by atoms with van der Waals surface area (Å²) in [6.45, 7) is 14.4. The lowest BCUT2D eigenvalue weighted by Gasteiger charge is -2.37. The van der Waals surface area contributed by atoms with Crippen LogP contribution in [0.1, 0.15) is 43.4 Å². The summed E-state index contributed by atoms with van der Waals surface area (Å²) in [4.78, 5) is 5.11. The number of aryl methyl sites for hydroxylation is 1. The highest BCUT2D eigenvalue weighted by molar-refractivity contribution is 5.73. The molecule has 0 aromatic heterocycles. The van der Waals surface area contributed by atoms with E-state index in [1.54, 1.807) is 0 Å². The Hall–Kier alpha value is -1.88. The molecule has 0 bridgehead atoms. The number of rotatable bonds is 7.